The van der Waals surface area contributed by atoms with Crippen molar-refractivity contribution in [1.82, 2.24) is 4.90 Å². The van der Waals surface area contributed by atoms with E-state index in [1.165, 1.54) is 11.0 Å². The summed E-state index contributed by atoms with van der Waals surface area (Å²) in [7, 11) is 1.68. The van der Waals surface area contributed by atoms with Crippen LogP contribution in [0, 0.1) is 6.92 Å². The topological polar surface area (TPSA) is 80.0 Å². The summed E-state index contributed by atoms with van der Waals surface area (Å²) in [6.45, 7) is 3.77. The van der Waals surface area contributed by atoms with E-state index >= 15 is 0 Å². The number of aryl methyl sites for hydroxylation is 1. The van der Waals surface area contributed by atoms with Gasteiger partial charge in [-0.15, -0.1) is 0 Å². The van der Waals surface area contributed by atoms with Crippen LogP contribution in [0.25, 0.3) is 0 Å². The van der Waals surface area contributed by atoms with Gasteiger partial charge in [0, 0.05) is 7.05 Å². The summed E-state index contributed by atoms with van der Waals surface area (Å²) in [5, 5.41) is 9.05. The number of hydrogen-bond acceptors (Lipinski definition) is 4. The monoisotopic (exact) mass is 323 g/mol. The minimum atomic E-state index is -1.03. The fraction of sp³-hybridized carbons (Fsp3) is 0.647. The first-order chi connectivity index (χ1) is 10.9. The zero-order valence-corrected chi connectivity index (χ0v) is 14.0. The van der Waals surface area contributed by atoms with Crippen LogP contribution in [0.3, 0.4) is 0 Å². The molecular formula is C17H25NO5. The summed E-state index contributed by atoms with van der Waals surface area (Å²) in [6.07, 6.45) is 4.72. The van der Waals surface area contributed by atoms with Gasteiger partial charge in [-0.2, -0.15) is 0 Å². The quantitative estimate of drug-likeness (QED) is 0.834. The Morgan fingerprint density at radius 2 is 2.09 bits per heavy atom. The molecule has 0 radical (unpaired) electrons. The fourth-order valence-corrected chi connectivity index (χ4v) is 2.98. The van der Waals surface area contributed by atoms with Crippen LogP contribution in [0.2, 0.25) is 0 Å². The van der Waals surface area contributed by atoms with Crippen molar-refractivity contribution >= 4 is 11.9 Å². The molecule has 1 saturated carbocycles. The Bertz CT molecular complexity index is 559. The van der Waals surface area contributed by atoms with Crippen molar-refractivity contribution in [3.63, 3.8) is 0 Å². The molecule has 0 spiro atoms. The summed E-state index contributed by atoms with van der Waals surface area (Å²) in [5.41, 5.74) is 0.134. The lowest BCUT2D eigenvalue weighted by Crippen LogP contribution is -2.38. The summed E-state index contributed by atoms with van der Waals surface area (Å²) in [6, 6.07) is 1.47. The van der Waals surface area contributed by atoms with Gasteiger partial charge in [-0.3, -0.25) is 4.79 Å². The maximum absolute atomic E-state index is 12.5. The van der Waals surface area contributed by atoms with Crippen LogP contribution in [0.4, 0.5) is 0 Å². The van der Waals surface area contributed by atoms with E-state index in [1.807, 2.05) is 6.92 Å². The number of carbonyl (C=O) groups excluding carboxylic acids is 1. The highest BCUT2D eigenvalue weighted by Crippen LogP contribution is 2.24. The van der Waals surface area contributed by atoms with E-state index in [9.17, 15) is 9.59 Å². The van der Waals surface area contributed by atoms with Gasteiger partial charge in [0.25, 0.3) is 5.91 Å². The Balaban J connectivity index is 1.97. The minimum absolute atomic E-state index is 0.0923. The van der Waals surface area contributed by atoms with Crippen LogP contribution in [0.15, 0.2) is 10.5 Å². The zero-order chi connectivity index (χ0) is 17.0. The molecule has 0 saturated heterocycles. The van der Waals surface area contributed by atoms with Gasteiger partial charge in [0.15, 0.2) is 0 Å². The maximum atomic E-state index is 12.5. The van der Waals surface area contributed by atoms with Gasteiger partial charge in [-0.05, 0) is 32.3 Å². The number of nitrogens with zero attached hydrogens (tertiary/aromatic N) is 1. The molecule has 6 heteroatoms. The highest BCUT2D eigenvalue weighted by molar-refractivity contribution is 5.88. The second kappa shape index (κ2) is 7.64. The summed E-state index contributed by atoms with van der Waals surface area (Å²) in [5.74, 6) is -0.304. The number of ether oxygens (including phenoxy) is 1. The molecule has 1 atom stereocenters. The van der Waals surface area contributed by atoms with Crippen molar-refractivity contribution in [2.24, 2.45) is 0 Å². The number of furan rings is 1. The lowest BCUT2D eigenvalue weighted by atomic mass is 10.2. The van der Waals surface area contributed by atoms with Gasteiger partial charge >= 0.3 is 5.97 Å². The third kappa shape index (κ3) is 4.34. The van der Waals surface area contributed by atoms with E-state index in [1.54, 1.807) is 14.0 Å². The Morgan fingerprint density at radius 3 is 2.61 bits per heavy atom. The number of amides is 1. The smallest absolute Gasteiger partial charge is 0.339 e. The highest BCUT2D eigenvalue weighted by Gasteiger charge is 2.27. The Morgan fingerprint density at radius 1 is 1.43 bits per heavy atom. The van der Waals surface area contributed by atoms with E-state index in [0.717, 1.165) is 25.7 Å². The number of aromatic carboxylic acids is 1. The van der Waals surface area contributed by atoms with Crippen molar-refractivity contribution in [2.75, 3.05) is 7.05 Å². The van der Waals surface area contributed by atoms with Crippen LogP contribution in [0.1, 0.15) is 60.9 Å². The summed E-state index contributed by atoms with van der Waals surface area (Å²) < 4.78 is 11.4. The third-order valence-electron chi connectivity index (χ3n) is 4.27. The van der Waals surface area contributed by atoms with Crippen molar-refractivity contribution in [1.29, 1.82) is 0 Å². The lowest BCUT2D eigenvalue weighted by molar-refractivity contribution is -0.147. The molecule has 0 bridgehead atoms. The molecular weight excluding hydrogens is 298 g/mol. The number of carbonyl (C=O) groups is 2. The molecule has 1 heterocycles. The predicted octanol–water partition coefficient (Wildman–Crippen LogP) is 2.98. The molecule has 0 aliphatic heterocycles. The predicted molar refractivity (Wildman–Crippen MR) is 84.3 cm³/mol. The standard InChI is InChI=1S/C17H25NO5/c1-4-15(23-12-7-5-6-8-12)16(19)18(3)10-13-9-14(17(20)21)11(2)22-13/h9,12,15H,4-8,10H2,1-3H3,(H,20,21). The molecule has 6 nitrogen and oxygen atoms in total. The summed E-state index contributed by atoms with van der Waals surface area (Å²) >= 11 is 0. The van der Waals surface area contributed by atoms with Crippen LogP contribution in [0.5, 0.6) is 0 Å². The molecule has 1 aromatic heterocycles. The van der Waals surface area contributed by atoms with E-state index in [2.05, 4.69) is 0 Å². The molecule has 1 aliphatic carbocycles. The molecule has 0 aromatic carbocycles. The number of carboxylic acids is 1. The Kier molecular flexibility index (Phi) is 5.82. The van der Waals surface area contributed by atoms with Crippen LogP contribution >= 0.6 is 0 Å². The van der Waals surface area contributed by atoms with E-state index in [-0.39, 0.29) is 24.1 Å². The number of hydrogen-bond donors (Lipinski definition) is 1. The minimum Gasteiger partial charge on any atom is -0.478 e. The molecule has 1 aliphatic rings. The second-order valence-electron chi connectivity index (χ2n) is 6.12. The van der Waals surface area contributed by atoms with Crippen LogP contribution in [-0.4, -0.2) is 41.1 Å². The van der Waals surface area contributed by atoms with Gasteiger partial charge in [0.05, 0.1) is 12.6 Å². The van der Waals surface area contributed by atoms with Crippen LogP contribution in [-0.2, 0) is 16.1 Å². The van der Waals surface area contributed by atoms with Gasteiger partial charge in [0.2, 0.25) is 0 Å². The van der Waals surface area contributed by atoms with Crippen molar-refractivity contribution in [3.05, 3.63) is 23.2 Å². The third-order valence-corrected chi connectivity index (χ3v) is 4.27. The van der Waals surface area contributed by atoms with Gasteiger partial charge in [-0.1, -0.05) is 19.8 Å². The van der Waals surface area contributed by atoms with Gasteiger partial charge < -0.3 is 19.2 Å². The first-order valence-electron chi connectivity index (χ1n) is 8.15. The average molecular weight is 323 g/mol. The molecule has 2 rings (SSSR count). The normalized spacial score (nSPS) is 16.5. The molecule has 1 unspecified atom stereocenters. The molecule has 1 fully saturated rings. The average Bonchev–Trinajstić information content (AvgIpc) is 3.13. The fourth-order valence-electron chi connectivity index (χ4n) is 2.98. The first-order valence-corrected chi connectivity index (χ1v) is 8.15. The highest BCUT2D eigenvalue weighted by atomic mass is 16.5. The number of rotatable bonds is 7. The second-order valence-corrected chi connectivity index (χ2v) is 6.12. The van der Waals surface area contributed by atoms with Crippen molar-refractivity contribution < 1.29 is 23.8 Å². The first kappa shape index (κ1) is 17.5. The van der Waals surface area contributed by atoms with Crippen LogP contribution < -0.4 is 0 Å². The maximum Gasteiger partial charge on any atom is 0.339 e. The SMILES string of the molecule is CCC(OC1CCCC1)C(=O)N(C)Cc1cc(C(=O)O)c(C)o1. The van der Waals surface area contributed by atoms with E-state index in [4.69, 9.17) is 14.3 Å². The molecule has 23 heavy (non-hydrogen) atoms. The molecule has 1 N–H and O–H groups in total. The molecule has 1 aromatic rings. The lowest BCUT2D eigenvalue weighted by Gasteiger charge is -2.25. The molecule has 1 amide bonds. The molecule has 128 valence electrons. The zero-order valence-electron chi connectivity index (χ0n) is 14.0. The van der Waals surface area contributed by atoms with Crippen molar-refractivity contribution in [3.8, 4) is 0 Å². The Labute approximate surface area is 136 Å². The Hall–Kier alpha value is -1.82. The van der Waals surface area contributed by atoms with Gasteiger partial charge in [-0.25, -0.2) is 4.79 Å². The van der Waals surface area contributed by atoms with Gasteiger partial charge in [0.1, 0.15) is 23.2 Å². The van der Waals surface area contributed by atoms with Crippen molar-refractivity contribution in [2.45, 2.75) is 64.7 Å². The largest absolute Gasteiger partial charge is 0.478 e. The summed E-state index contributed by atoms with van der Waals surface area (Å²) in [4.78, 5) is 25.1. The van der Waals surface area contributed by atoms with E-state index in [0.29, 0.717) is 17.9 Å². The number of likely N-dealkylation sites (N-methyl/N-ethyl adjacent to an activating group) is 1. The number of carboxylic acid groups (broad SMARTS) is 1. The van der Waals surface area contributed by atoms with E-state index < -0.39 is 12.1 Å².